The molecule has 0 aliphatic carbocycles. The number of piperidine rings is 1. The van der Waals surface area contributed by atoms with Crippen molar-refractivity contribution in [3.8, 4) is 0 Å². The van der Waals surface area contributed by atoms with E-state index in [-0.39, 0.29) is 5.91 Å². The van der Waals surface area contributed by atoms with Crippen LogP contribution in [-0.4, -0.2) is 79.9 Å². The van der Waals surface area contributed by atoms with Crippen LogP contribution in [0.1, 0.15) is 12.8 Å². The first-order valence-electron chi connectivity index (χ1n) is 9.33. The molecular formula is C19H25N3O4. The SMILES string of the molecule is O=C(C(=O)N1CCC2(CC1)OCCO2)N1CCN(c2ccccc2)CC1. The van der Waals surface area contributed by atoms with E-state index in [9.17, 15) is 9.59 Å². The molecule has 7 nitrogen and oxygen atoms in total. The molecule has 1 spiro atoms. The zero-order valence-electron chi connectivity index (χ0n) is 14.9. The van der Waals surface area contributed by atoms with Crippen molar-refractivity contribution in [3.63, 3.8) is 0 Å². The summed E-state index contributed by atoms with van der Waals surface area (Å²) in [5, 5.41) is 0. The van der Waals surface area contributed by atoms with Gasteiger partial charge in [-0.3, -0.25) is 9.59 Å². The highest BCUT2D eigenvalue weighted by Crippen LogP contribution is 2.31. The lowest BCUT2D eigenvalue weighted by molar-refractivity contribution is -0.188. The average Bonchev–Trinajstić information content (AvgIpc) is 3.16. The zero-order valence-corrected chi connectivity index (χ0v) is 14.9. The summed E-state index contributed by atoms with van der Waals surface area (Å²) in [6.45, 7) is 4.87. The van der Waals surface area contributed by atoms with Gasteiger partial charge in [-0.15, -0.1) is 0 Å². The number of rotatable bonds is 1. The second-order valence-electron chi connectivity index (χ2n) is 7.01. The van der Waals surface area contributed by atoms with Gasteiger partial charge in [-0.1, -0.05) is 18.2 Å². The number of carbonyl (C=O) groups is 2. The highest BCUT2D eigenvalue weighted by Gasteiger charge is 2.42. The van der Waals surface area contributed by atoms with E-state index in [1.54, 1.807) is 9.80 Å². The lowest BCUT2D eigenvalue weighted by atomic mass is 10.0. The van der Waals surface area contributed by atoms with E-state index in [4.69, 9.17) is 9.47 Å². The zero-order chi connectivity index (χ0) is 18.0. The normalized spacial score (nSPS) is 22.7. The number of hydrogen-bond donors (Lipinski definition) is 0. The molecule has 0 unspecified atom stereocenters. The van der Waals surface area contributed by atoms with E-state index in [2.05, 4.69) is 17.0 Å². The highest BCUT2D eigenvalue weighted by molar-refractivity contribution is 6.34. The van der Waals surface area contributed by atoms with Crippen LogP contribution < -0.4 is 4.90 Å². The molecule has 1 aromatic rings. The Kier molecular flexibility index (Phi) is 4.82. The van der Waals surface area contributed by atoms with Crippen molar-refractivity contribution in [2.45, 2.75) is 18.6 Å². The molecule has 2 amide bonds. The third kappa shape index (κ3) is 3.41. The van der Waals surface area contributed by atoms with E-state index in [1.807, 2.05) is 18.2 Å². The van der Waals surface area contributed by atoms with Crippen LogP contribution in [-0.2, 0) is 19.1 Å². The molecule has 3 aliphatic heterocycles. The summed E-state index contributed by atoms with van der Waals surface area (Å²) >= 11 is 0. The first-order chi connectivity index (χ1) is 12.7. The van der Waals surface area contributed by atoms with Gasteiger partial charge < -0.3 is 24.2 Å². The summed E-state index contributed by atoms with van der Waals surface area (Å²) in [7, 11) is 0. The average molecular weight is 359 g/mol. The van der Waals surface area contributed by atoms with Crippen molar-refractivity contribution in [2.24, 2.45) is 0 Å². The molecule has 3 saturated heterocycles. The van der Waals surface area contributed by atoms with Gasteiger partial charge in [0.25, 0.3) is 0 Å². The maximum Gasteiger partial charge on any atom is 0.312 e. The molecule has 3 heterocycles. The maximum atomic E-state index is 12.6. The van der Waals surface area contributed by atoms with E-state index < -0.39 is 11.7 Å². The van der Waals surface area contributed by atoms with Crippen molar-refractivity contribution in [1.29, 1.82) is 0 Å². The van der Waals surface area contributed by atoms with Crippen molar-refractivity contribution in [1.82, 2.24) is 9.80 Å². The Morgan fingerprint density at radius 3 is 1.88 bits per heavy atom. The van der Waals surface area contributed by atoms with E-state index >= 15 is 0 Å². The van der Waals surface area contributed by atoms with Crippen LogP contribution >= 0.6 is 0 Å². The number of nitrogens with zero attached hydrogens (tertiary/aromatic N) is 3. The number of amides is 2. The fraction of sp³-hybridized carbons (Fsp3) is 0.579. The van der Waals surface area contributed by atoms with Gasteiger partial charge in [0.05, 0.1) is 13.2 Å². The smallest absolute Gasteiger partial charge is 0.312 e. The number of anilines is 1. The predicted molar refractivity (Wildman–Crippen MR) is 95.7 cm³/mol. The monoisotopic (exact) mass is 359 g/mol. The number of para-hydroxylation sites is 1. The molecular weight excluding hydrogens is 334 g/mol. The van der Waals surface area contributed by atoms with E-state index in [0.29, 0.717) is 52.2 Å². The van der Waals surface area contributed by atoms with Gasteiger partial charge in [0.1, 0.15) is 0 Å². The molecule has 0 saturated carbocycles. The molecule has 0 aromatic heterocycles. The standard InChI is InChI=1S/C19H25N3O4/c23-17(21-8-6-19(7-9-21)25-14-15-26-19)18(24)22-12-10-20(11-13-22)16-4-2-1-3-5-16/h1-5H,6-15H2. The summed E-state index contributed by atoms with van der Waals surface area (Å²) in [6.07, 6.45) is 1.27. The van der Waals surface area contributed by atoms with Crippen molar-refractivity contribution < 1.29 is 19.1 Å². The van der Waals surface area contributed by atoms with E-state index in [0.717, 1.165) is 18.8 Å². The minimum absolute atomic E-state index is 0.387. The molecule has 0 atom stereocenters. The lowest BCUT2D eigenvalue weighted by Crippen LogP contribution is -2.55. The fourth-order valence-corrected chi connectivity index (χ4v) is 3.91. The Bertz CT molecular complexity index is 642. The number of ether oxygens (including phenoxy) is 2. The van der Waals surface area contributed by atoms with Gasteiger partial charge in [-0.05, 0) is 12.1 Å². The minimum atomic E-state index is -0.527. The minimum Gasteiger partial charge on any atom is -0.368 e. The van der Waals surface area contributed by atoms with Crippen molar-refractivity contribution >= 4 is 17.5 Å². The van der Waals surface area contributed by atoms with Crippen LogP contribution in [0.5, 0.6) is 0 Å². The Morgan fingerprint density at radius 1 is 0.769 bits per heavy atom. The van der Waals surface area contributed by atoms with Crippen LogP contribution in [0.15, 0.2) is 30.3 Å². The quantitative estimate of drug-likeness (QED) is 0.691. The van der Waals surface area contributed by atoms with Gasteiger partial charge in [0.15, 0.2) is 5.79 Å². The Labute approximate surface area is 153 Å². The Balaban J connectivity index is 1.29. The second kappa shape index (κ2) is 7.25. The van der Waals surface area contributed by atoms with Crippen LogP contribution in [0.25, 0.3) is 0 Å². The van der Waals surface area contributed by atoms with Crippen LogP contribution in [0.4, 0.5) is 5.69 Å². The van der Waals surface area contributed by atoms with Crippen molar-refractivity contribution in [2.75, 3.05) is 57.4 Å². The number of piperazine rings is 1. The molecule has 140 valence electrons. The topological polar surface area (TPSA) is 62.3 Å². The molecule has 0 radical (unpaired) electrons. The predicted octanol–water partition coefficient (Wildman–Crippen LogP) is 0.701. The van der Waals surface area contributed by atoms with Gasteiger partial charge in [0.2, 0.25) is 0 Å². The summed E-state index contributed by atoms with van der Waals surface area (Å²) in [5.74, 6) is -1.31. The van der Waals surface area contributed by atoms with Crippen molar-refractivity contribution in [3.05, 3.63) is 30.3 Å². The van der Waals surface area contributed by atoms with Crippen LogP contribution in [0.2, 0.25) is 0 Å². The second-order valence-corrected chi connectivity index (χ2v) is 7.01. The summed E-state index contributed by atoms with van der Waals surface area (Å²) in [5.41, 5.74) is 1.16. The first kappa shape index (κ1) is 17.3. The highest BCUT2D eigenvalue weighted by atomic mass is 16.7. The van der Waals surface area contributed by atoms with Crippen LogP contribution in [0, 0.1) is 0 Å². The number of carbonyl (C=O) groups excluding carboxylic acids is 2. The summed E-state index contributed by atoms with van der Waals surface area (Å²) in [4.78, 5) is 30.8. The summed E-state index contributed by atoms with van der Waals surface area (Å²) in [6, 6.07) is 10.2. The fourth-order valence-electron chi connectivity index (χ4n) is 3.91. The molecule has 26 heavy (non-hydrogen) atoms. The number of hydrogen-bond acceptors (Lipinski definition) is 5. The molecule has 3 aliphatic rings. The third-order valence-electron chi connectivity index (χ3n) is 5.50. The van der Waals surface area contributed by atoms with Gasteiger partial charge >= 0.3 is 11.8 Å². The third-order valence-corrected chi connectivity index (χ3v) is 5.50. The lowest BCUT2D eigenvalue weighted by Gasteiger charge is -2.39. The molecule has 0 bridgehead atoms. The van der Waals surface area contributed by atoms with Crippen LogP contribution in [0.3, 0.4) is 0 Å². The summed E-state index contributed by atoms with van der Waals surface area (Å²) < 4.78 is 11.4. The number of benzene rings is 1. The Hall–Kier alpha value is -2.12. The molecule has 7 heteroatoms. The van der Waals surface area contributed by atoms with E-state index in [1.165, 1.54) is 0 Å². The Morgan fingerprint density at radius 2 is 1.31 bits per heavy atom. The first-order valence-corrected chi connectivity index (χ1v) is 9.33. The largest absolute Gasteiger partial charge is 0.368 e. The molecule has 4 rings (SSSR count). The molecule has 3 fully saturated rings. The maximum absolute atomic E-state index is 12.6. The number of likely N-dealkylation sites (tertiary alicyclic amines) is 1. The molecule has 1 aromatic carbocycles. The molecule has 0 N–H and O–H groups in total. The van der Waals surface area contributed by atoms with Gasteiger partial charge in [-0.25, -0.2) is 0 Å². The van der Waals surface area contributed by atoms with Gasteiger partial charge in [0, 0.05) is 57.8 Å². The van der Waals surface area contributed by atoms with Gasteiger partial charge in [-0.2, -0.15) is 0 Å².